The first-order valence-electron chi connectivity index (χ1n) is 7.61. The lowest BCUT2D eigenvalue weighted by Crippen LogP contribution is -2.29. The molecule has 0 aromatic heterocycles. The summed E-state index contributed by atoms with van der Waals surface area (Å²) in [6.07, 6.45) is 4.71. The van der Waals surface area contributed by atoms with E-state index in [2.05, 4.69) is 51.2 Å². The normalized spacial score (nSPS) is 12.4. The second kappa shape index (κ2) is 8.98. The lowest BCUT2D eigenvalue weighted by atomic mass is 10.1. The zero-order valence-electron chi connectivity index (χ0n) is 13.0. The van der Waals surface area contributed by atoms with Gasteiger partial charge in [-0.15, -0.1) is 0 Å². The molecule has 1 aromatic carbocycles. The molecular formula is C17H29NO. The van der Waals surface area contributed by atoms with Crippen LogP contribution in [0.4, 0.5) is 0 Å². The van der Waals surface area contributed by atoms with Gasteiger partial charge < -0.3 is 10.1 Å². The summed E-state index contributed by atoms with van der Waals surface area (Å²) in [4.78, 5) is 0. The Hall–Kier alpha value is -1.02. The summed E-state index contributed by atoms with van der Waals surface area (Å²) in [5, 5.41) is 3.58. The Morgan fingerprint density at radius 3 is 2.68 bits per heavy atom. The average Bonchev–Trinajstić information content (AvgIpc) is 2.42. The van der Waals surface area contributed by atoms with Crippen LogP contribution in [0.15, 0.2) is 18.2 Å². The highest BCUT2D eigenvalue weighted by Gasteiger charge is 2.05. The zero-order valence-corrected chi connectivity index (χ0v) is 13.0. The molecule has 0 aliphatic rings. The van der Waals surface area contributed by atoms with E-state index >= 15 is 0 Å². The number of hydrogen-bond acceptors (Lipinski definition) is 2. The molecule has 2 nitrogen and oxygen atoms in total. The highest BCUT2D eigenvalue weighted by molar-refractivity contribution is 5.38. The Kier molecular flexibility index (Phi) is 7.57. The Balaban J connectivity index is 2.28. The van der Waals surface area contributed by atoms with Crippen molar-refractivity contribution in [1.82, 2.24) is 5.32 Å². The number of benzene rings is 1. The monoisotopic (exact) mass is 263 g/mol. The van der Waals surface area contributed by atoms with E-state index < -0.39 is 0 Å². The van der Waals surface area contributed by atoms with E-state index in [1.54, 1.807) is 0 Å². The molecule has 0 heterocycles. The van der Waals surface area contributed by atoms with Crippen LogP contribution in [0.3, 0.4) is 0 Å². The molecule has 2 heteroatoms. The molecule has 0 fully saturated rings. The van der Waals surface area contributed by atoms with Gasteiger partial charge in [0.05, 0.1) is 6.61 Å². The summed E-state index contributed by atoms with van der Waals surface area (Å²) < 4.78 is 5.89. The minimum Gasteiger partial charge on any atom is -0.493 e. The molecule has 19 heavy (non-hydrogen) atoms. The summed E-state index contributed by atoms with van der Waals surface area (Å²) in [5.41, 5.74) is 2.56. The molecule has 0 radical (unpaired) electrons. The predicted molar refractivity (Wildman–Crippen MR) is 83.0 cm³/mol. The van der Waals surface area contributed by atoms with Gasteiger partial charge in [0.1, 0.15) is 5.75 Å². The van der Waals surface area contributed by atoms with Crippen molar-refractivity contribution in [3.05, 3.63) is 29.3 Å². The minimum absolute atomic E-state index is 0.641. The van der Waals surface area contributed by atoms with Crippen molar-refractivity contribution >= 4 is 0 Å². The zero-order chi connectivity index (χ0) is 14.1. The van der Waals surface area contributed by atoms with Crippen molar-refractivity contribution in [2.24, 2.45) is 0 Å². The third kappa shape index (κ3) is 5.65. The van der Waals surface area contributed by atoms with Crippen LogP contribution in [0.1, 0.15) is 50.7 Å². The fourth-order valence-corrected chi connectivity index (χ4v) is 2.19. The van der Waals surface area contributed by atoms with E-state index in [-0.39, 0.29) is 0 Å². The molecule has 1 rings (SSSR count). The molecule has 0 aliphatic carbocycles. The quantitative estimate of drug-likeness (QED) is 0.673. The summed E-state index contributed by atoms with van der Waals surface area (Å²) in [5.74, 6) is 1.04. The Morgan fingerprint density at radius 2 is 2.00 bits per heavy atom. The Labute approximate surface area is 118 Å². The lowest BCUT2D eigenvalue weighted by molar-refractivity contribution is 0.292. The summed E-state index contributed by atoms with van der Waals surface area (Å²) in [7, 11) is 0. The van der Waals surface area contributed by atoms with Gasteiger partial charge in [-0.2, -0.15) is 0 Å². The molecule has 1 atom stereocenters. The van der Waals surface area contributed by atoms with Crippen molar-refractivity contribution in [3.63, 3.8) is 0 Å². The lowest BCUT2D eigenvalue weighted by Gasteiger charge is -2.17. The van der Waals surface area contributed by atoms with E-state index in [1.807, 2.05) is 0 Å². The van der Waals surface area contributed by atoms with Gasteiger partial charge in [-0.3, -0.25) is 0 Å². The van der Waals surface area contributed by atoms with Gasteiger partial charge in [-0.05, 0) is 63.3 Å². The van der Waals surface area contributed by atoms with Crippen molar-refractivity contribution in [1.29, 1.82) is 0 Å². The van der Waals surface area contributed by atoms with Crippen molar-refractivity contribution in [2.45, 2.75) is 59.4 Å². The first-order valence-corrected chi connectivity index (χ1v) is 7.61. The number of hydrogen-bond donors (Lipinski definition) is 1. The molecule has 0 bridgehead atoms. The molecule has 0 saturated heterocycles. The van der Waals surface area contributed by atoms with E-state index in [0.29, 0.717) is 6.04 Å². The van der Waals surface area contributed by atoms with Gasteiger partial charge >= 0.3 is 0 Å². The first kappa shape index (κ1) is 16.0. The molecule has 1 unspecified atom stereocenters. The van der Waals surface area contributed by atoms with E-state index in [0.717, 1.165) is 25.3 Å². The van der Waals surface area contributed by atoms with Crippen molar-refractivity contribution in [2.75, 3.05) is 13.2 Å². The second-order valence-corrected chi connectivity index (χ2v) is 5.25. The topological polar surface area (TPSA) is 21.3 Å². The first-order chi connectivity index (χ1) is 9.19. The maximum Gasteiger partial charge on any atom is 0.122 e. The molecule has 0 spiro atoms. The molecule has 0 aliphatic heterocycles. The summed E-state index contributed by atoms with van der Waals surface area (Å²) in [6.45, 7) is 10.7. The maximum absolute atomic E-state index is 5.89. The minimum atomic E-state index is 0.641. The van der Waals surface area contributed by atoms with Gasteiger partial charge in [-0.1, -0.05) is 26.0 Å². The van der Waals surface area contributed by atoms with Crippen LogP contribution in [0.5, 0.6) is 5.75 Å². The van der Waals surface area contributed by atoms with E-state index in [9.17, 15) is 0 Å². The predicted octanol–water partition coefficient (Wildman–Crippen LogP) is 4.24. The van der Waals surface area contributed by atoms with Crippen LogP contribution in [-0.4, -0.2) is 19.2 Å². The number of rotatable bonds is 9. The van der Waals surface area contributed by atoms with Crippen LogP contribution < -0.4 is 10.1 Å². The fourth-order valence-electron chi connectivity index (χ4n) is 2.19. The standard InChI is InChI=1S/C17H29NO/c1-5-12-18-16(6-2)10-8-13-19-17-11-7-9-14(3)15(17)4/h7,9,11,16,18H,5-6,8,10,12-13H2,1-4H3. The van der Waals surface area contributed by atoms with E-state index in [4.69, 9.17) is 4.74 Å². The molecule has 1 aromatic rings. The number of aryl methyl sites for hydroxylation is 1. The molecule has 0 amide bonds. The highest BCUT2D eigenvalue weighted by atomic mass is 16.5. The molecule has 108 valence electrons. The van der Waals surface area contributed by atoms with Crippen molar-refractivity contribution < 1.29 is 4.74 Å². The third-order valence-electron chi connectivity index (χ3n) is 3.69. The van der Waals surface area contributed by atoms with Crippen LogP contribution in [0, 0.1) is 13.8 Å². The van der Waals surface area contributed by atoms with E-state index in [1.165, 1.54) is 30.4 Å². The SMILES string of the molecule is CCCNC(CC)CCCOc1cccc(C)c1C. The fraction of sp³-hybridized carbons (Fsp3) is 0.647. The van der Waals surface area contributed by atoms with Crippen molar-refractivity contribution in [3.8, 4) is 5.75 Å². The smallest absolute Gasteiger partial charge is 0.122 e. The summed E-state index contributed by atoms with van der Waals surface area (Å²) >= 11 is 0. The Bertz CT molecular complexity index is 362. The largest absolute Gasteiger partial charge is 0.493 e. The Morgan fingerprint density at radius 1 is 1.21 bits per heavy atom. The van der Waals surface area contributed by atoms with Gasteiger partial charge in [0.15, 0.2) is 0 Å². The number of nitrogens with one attached hydrogen (secondary N) is 1. The van der Waals surface area contributed by atoms with Crippen LogP contribution in [0.2, 0.25) is 0 Å². The van der Waals surface area contributed by atoms with Crippen LogP contribution >= 0.6 is 0 Å². The molecule has 0 saturated carbocycles. The average molecular weight is 263 g/mol. The maximum atomic E-state index is 5.89. The molecule has 1 N–H and O–H groups in total. The second-order valence-electron chi connectivity index (χ2n) is 5.25. The number of ether oxygens (including phenoxy) is 1. The third-order valence-corrected chi connectivity index (χ3v) is 3.69. The van der Waals surface area contributed by atoms with Gasteiger partial charge in [0.25, 0.3) is 0 Å². The van der Waals surface area contributed by atoms with Crippen LogP contribution in [-0.2, 0) is 0 Å². The van der Waals surface area contributed by atoms with Crippen LogP contribution in [0.25, 0.3) is 0 Å². The van der Waals surface area contributed by atoms with Gasteiger partial charge in [-0.25, -0.2) is 0 Å². The molecular weight excluding hydrogens is 234 g/mol. The highest BCUT2D eigenvalue weighted by Crippen LogP contribution is 2.20. The summed E-state index contributed by atoms with van der Waals surface area (Å²) in [6, 6.07) is 6.90. The van der Waals surface area contributed by atoms with Gasteiger partial charge in [0.2, 0.25) is 0 Å². The van der Waals surface area contributed by atoms with Gasteiger partial charge in [0, 0.05) is 6.04 Å².